The Morgan fingerprint density at radius 3 is 2.57 bits per heavy atom. The fourth-order valence-electron chi connectivity index (χ4n) is 2.10. The van der Waals surface area contributed by atoms with Gasteiger partial charge in [-0.1, -0.05) is 0 Å². The molecule has 0 saturated carbocycles. The largest absolute Gasteiger partial charge is 0.465 e. The van der Waals surface area contributed by atoms with Gasteiger partial charge in [-0.05, 0) is 65.1 Å². The van der Waals surface area contributed by atoms with Crippen LogP contribution in [-0.2, 0) is 4.74 Å². The van der Waals surface area contributed by atoms with Crippen LogP contribution in [0.25, 0.3) is 16.8 Å². The molecule has 0 fully saturated rings. The van der Waals surface area contributed by atoms with Gasteiger partial charge >= 0.3 is 11.7 Å². The molecule has 106 valence electrons. The van der Waals surface area contributed by atoms with Crippen molar-refractivity contribution in [1.29, 1.82) is 0 Å². The predicted molar refractivity (Wildman–Crippen MR) is 85.9 cm³/mol. The highest BCUT2D eigenvalue weighted by Crippen LogP contribution is 2.20. The summed E-state index contributed by atoms with van der Waals surface area (Å²) in [5.74, 6) is -0.951. The summed E-state index contributed by atoms with van der Waals surface area (Å²) in [5, 5.41) is 0. The molecule has 0 aliphatic heterocycles. The zero-order valence-electron chi connectivity index (χ0n) is 11.0. The number of aromatic nitrogens is 1. The Morgan fingerprint density at radius 1 is 1.19 bits per heavy atom. The molecule has 1 heterocycles. The molecule has 0 aliphatic carbocycles. The van der Waals surface area contributed by atoms with E-state index in [1.165, 1.54) is 11.7 Å². The number of carbonyl (C=O) groups excluding carboxylic acids is 1. The van der Waals surface area contributed by atoms with E-state index in [-0.39, 0.29) is 0 Å². The molecule has 6 heteroatoms. The van der Waals surface area contributed by atoms with Gasteiger partial charge in [-0.3, -0.25) is 0 Å². The van der Waals surface area contributed by atoms with E-state index < -0.39 is 11.7 Å². The standard InChI is InChI=1S/C15H10INO4/c1-20-14(18)9-2-7-13-12(8-9)17(15(19)21-13)11-5-3-10(16)4-6-11/h2-8H,1H3. The van der Waals surface area contributed by atoms with Crippen molar-refractivity contribution in [3.63, 3.8) is 0 Å². The first kappa shape index (κ1) is 13.9. The summed E-state index contributed by atoms with van der Waals surface area (Å²) in [7, 11) is 1.31. The van der Waals surface area contributed by atoms with E-state index in [9.17, 15) is 9.59 Å². The molecule has 0 atom stereocenters. The highest BCUT2D eigenvalue weighted by molar-refractivity contribution is 14.1. The van der Waals surface area contributed by atoms with Crippen molar-refractivity contribution >= 4 is 39.7 Å². The average Bonchev–Trinajstić information content (AvgIpc) is 2.82. The van der Waals surface area contributed by atoms with E-state index in [4.69, 9.17) is 9.15 Å². The summed E-state index contributed by atoms with van der Waals surface area (Å²) < 4.78 is 12.4. The number of benzene rings is 2. The zero-order valence-corrected chi connectivity index (χ0v) is 13.2. The molecule has 0 aliphatic rings. The van der Waals surface area contributed by atoms with Gasteiger partial charge < -0.3 is 9.15 Å². The molecular formula is C15H10INO4. The number of hydrogen-bond acceptors (Lipinski definition) is 4. The molecule has 0 N–H and O–H groups in total. The van der Waals surface area contributed by atoms with Gasteiger partial charge in [-0.15, -0.1) is 0 Å². The van der Waals surface area contributed by atoms with E-state index in [0.717, 1.165) is 3.57 Å². The Bertz CT molecular complexity index is 877. The monoisotopic (exact) mass is 395 g/mol. The fraction of sp³-hybridized carbons (Fsp3) is 0.0667. The van der Waals surface area contributed by atoms with Gasteiger partial charge in [0, 0.05) is 3.57 Å². The number of methoxy groups -OCH3 is 1. The van der Waals surface area contributed by atoms with Crippen LogP contribution in [-0.4, -0.2) is 17.6 Å². The summed E-state index contributed by atoms with van der Waals surface area (Å²) in [5.41, 5.74) is 2.00. The average molecular weight is 395 g/mol. The number of fused-ring (bicyclic) bond motifs is 1. The van der Waals surface area contributed by atoms with Crippen molar-refractivity contribution < 1.29 is 13.9 Å². The molecule has 0 amide bonds. The number of carbonyl (C=O) groups is 1. The molecule has 3 rings (SSSR count). The Labute approximate surface area is 133 Å². The minimum atomic E-state index is -0.492. The topological polar surface area (TPSA) is 61.4 Å². The summed E-state index contributed by atoms with van der Waals surface area (Å²) >= 11 is 2.19. The van der Waals surface area contributed by atoms with Crippen molar-refractivity contribution in [3.05, 3.63) is 62.1 Å². The Kier molecular flexibility index (Phi) is 3.54. The summed E-state index contributed by atoms with van der Waals surface area (Å²) in [4.78, 5) is 23.7. The van der Waals surface area contributed by atoms with Gasteiger partial charge in [0.05, 0.1) is 23.9 Å². The van der Waals surface area contributed by atoms with Gasteiger partial charge in [0.1, 0.15) is 0 Å². The van der Waals surface area contributed by atoms with Crippen LogP contribution in [0.1, 0.15) is 10.4 Å². The third kappa shape index (κ3) is 2.46. The van der Waals surface area contributed by atoms with Crippen LogP contribution in [0.2, 0.25) is 0 Å². The lowest BCUT2D eigenvalue weighted by Gasteiger charge is -2.03. The van der Waals surface area contributed by atoms with Crippen LogP contribution in [0.4, 0.5) is 0 Å². The van der Waals surface area contributed by atoms with E-state index in [1.807, 2.05) is 24.3 Å². The number of halogens is 1. The molecule has 0 saturated heterocycles. The number of nitrogens with zero attached hydrogens (tertiary/aromatic N) is 1. The van der Waals surface area contributed by atoms with Crippen molar-refractivity contribution in [1.82, 2.24) is 4.57 Å². The van der Waals surface area contributed by atoms with Gasteiger partial charge in [0.15, 0.2) is 5.58 Å². The number of ether oxygens (including phenoxy) is 1. The second-order valence-electron chi connectivity index (χ2n) is 4.35. The maximum atomic E-state index is 12.1. The Morgan fingerprint density at radius 2 is 1.90 bits per heavy atom. The highest BCUT2D eigenvalue weighted by atomic mass is 127. The lowest BCUT2D eigenvalue weighted by atomic mass is 10.2. The van der Waals surface area contributed by atoms with Gasteiger partial charge in [0.2, 0.25) is 0 Å². The van der Waals surface area contributed by atoms with Gasteiger partial charge in [-0.2, -0.15) is 0 Å². The first-order valence-electron chi connectivity index (χ1n) is 6.10. The smallest absolute Gasteiger partial charge is 0.424 e. The molecule has 0 spiro atoms. The highest BCUT2D eigenvalue weighted by Gasteiger charge is 2.14. The number of esters is 1. The van der Waals surface area contributed by atoms with Crippen LogP contribution in [0.5, 0.6) is 0 Å². The van der Waals surface area contributed by atoms with Crippen LogP contribution in [0, 0.1) is 3.57 Å². The maximum Gasteiger partial charge on any atom is 0.424 e. The Hall–Kier alpha value is -2.09. The second-order valence-corrected chi connectivity index (χ2v) is 5.60. The zero-order chi connectivity index (χ0) is 15.0. The van der Waals surface area contributed by atoms with Crippen LogP contribution in [0.3, 0.4) is 0 Å². The van der Waals surface area contributed by atoms with E-state index in [0.29, 0.717) is 22.4 Å². The van der Waals surface area contributed by atoms with Crippen molar-refractivity contribution in [3.8, 4) is 5.69 Å². The van der Waals surface area contributed by atoms with Crippen LogP contribution < -0.4 is 5.76 Å². The number of hydrogen-bond donors (Lipinski definition) is 0. The summed E-state index contributed by atoms with van der Waals surface area (Å²) in [6, 6.07) is 12.2. The van der Waals surface area contributed by atoms with Crippen molar-refractivity contribution in [2.45, 2.75) is 0 Å². The number of oxazole rings is 1. The fourth-order valence-corrected chi connectivity index (χ4v) is 2.46. The molecule has 1 aromatic heterocycles. The van der Waals surface area contributed by atoms with E-state index >= 15 is 0 Å². The molecule has 0 radical (unpaired) electrons. The quantitative estimate of drug-likeness (QED) is 0.495. The van der Waals surface area contributed by atoms with Crippen molar-refractivity contribution in [2.75, 3.05) is 7.11 Å². The van der Waals surface area contributed by atoms with Gasteiger partial charge in [-0.25, -0.2) is 14.2 Å². The predicted octanol–water partition coefficient (Wildman–Crippen LogP) is 2.97. The lowest BCUT2D eigenvalue weighted by Crippen LogP contribution is -2.11. The first-order valence-corrected chi connectivity index (χ1v) is 7.18. The summed E-state index contributed by atoms with van der Waals surface area (Å²) in [6.07, 6.45) is 0. The molecule has 0 unspecified atom stereocenters. The minimum absolute atomic E-state index is 0.366. The molecule has 21 heavy (non-hydrogen) atoms. The molecule has 5 nitrogen and oxygen atoms in total. The molecule has 0 bridgehead atoms. The van der Waals surface area contributed by atoms with Crippen LogP contribution in [0.15, 0.2) is 51.7 Å². The second kappa shape index (κ2) is 5.36. The molecular weight excluding hydrogens is 385 g/mol. The number of rotatable bonds is 2. The van der Waals surface area contributed by atoms with E-state index in [1.54, 1.807) is 18.2 Å². The minimum Gasteiger partial charge on any atom is -0.465 e. The van der Waals surface area contributed by atoms with Gasteiger partial charge in [0.25, 0.3) is 0 Å². The maximum absolute atomic E-state index is 12.1. The summed E-state index contributed by atoms with van der Waals surface area (Å²) in [6.45, 7) is 0. The molecule has 3 aromatic rings. The van der Waals surface area contributed by atoms with Crippen LogP contribution >= 0.6 is 22.6 Å². The molecule has 2 aromatic carbocycles. The van der Waals surface area contributed by atoms with Crippen molar-refractivity contribution in [2.24, 2.45) is 0 Å². The first-order chi connectivity index (χ1) is 10.1. The van der Waals surface area contributed by atoms with E-state index in [2.05, 4.69) is 22.6 Å². The Balaban J connectivity index is 2.26. The third-order valence-electron chi connectivity index (χ3n) is 3.09. The normalized spacial score (nSPS) is 10.8. The lowest BCUT2D eigenvalue weighted by molar-refractivity contribution is 0.0601. The third-order valence-corrected chi connectivity index (χ3v) is 3.80. The SMILES string of the molecule is COC(=O)c1ccc2oc(=O)n(-c3ccc(I)cc3)c2c1.